The van der Waals surface area contributed by atoms with Crippen LogP contribution in [0.4, 0.5) is 0 Å². The van der Waals surface area contributed by atoms with Crippen LogP contribution in [0.25, 0.3) is 10.4 Å². The SMILES string of the molecule is O=C(N[C@@H]1C[C@@H]2CCN(C2)C1)c1ncc(-c2ccccc2)s1. The lowest BCUT2D eigenvalue weighted by Crippen LogP contribution is -2.46. The van der Waals surface area contributed by atoms with Gasteiger partial charge in [0.1, 0.15) is 0 Å². The van der Waals surface area contributed by atoms with E-state index in [1.54, 1.807) is 6.20 Å². The molecule has 114 valence electrons. The molecule has 4 nitrogen and oxygen atoms in total. The number of benzene rings is 1. The van der Waals surface area contributed by atoms with Crippen molar-refractivity contribution in [2.24, 2.45) is 5.92 Å². The summed E-state index contributed by atoms with van der Waals surface area (Å²) >= 11 is 1.46. The Kier molecular flexibility index (Phi) is 3.68. The third-order valence-corrected chi connectivity index (χ3v) is 5.61. The predicted molar refractivity (Wildman–Crippen MR) is 88.0 cm³/mol. The molecule has 1 amide bonds. The Morgan fingerprint density at radius 3 is 2.95 bits per heavy atom. The Hall–Kier alpha value is -1.72. The highest BCUT2D eigenvalue weighted by atomic mass is 32.1. The maximum Gasteiger partial charge on any atom is 0.280 e. The van der Waals surface area contributed by atoms with E-state index in [0.717, 1.165) is 29.3 Å². The van der Waals surface area contributed by atoms with Gasteiger partial charge in [0.25, 0.3) is 5.91 Å². The maximum atomic E-state index is 12.4. The van der Waals surface area contributed by atoms with Gasteiger partial charge in [-0.25, -0.2) is 4.98 Å². The van der Waals surface area contributed by atoms with Gasteiger partial charge in [-0.15, -0.1) is 11.3 Å². The van der Waals surface area contributed by atoms with Gasteiger partial charge in [-0.1, -0.05) is 30.3 Å². The molecule has 2 bridgehead atoms. The first-order valence-corrected chi connectivity index (χ1v) is 8.64. The summed E-state index contributed by atoms with van der Waals surface area (Å²) in [5.74, 6) is 0.731. The minimum atomic E-state index is -0.0281. The standard InChI is InChI=1S/C17H19N3OS/c21-16(19-14-8-12-6-7-20(10-12)11-14)17-18-9-15(22-17)13-4-2-1-3-5-13/h1-5,9,12,14H,6-8,10-11H2,(H,19,21)/t12-,14+/m0/s1. The summed E-state index contributed by atoms with van der Waals surface area (Å²) in [6, 6.07) is 10.4. The number of nitrogens with zero attached hydrogens (tertiary/aromatic N) is 2. The number of thiazole rings is 1. The van der Waals surface area contributed by atoms with Gasteiger partial charge in [-0.3, -0.25) is 4.79 Å². The summed E-state index contributed by atoms with van der Waals surface area (Å²) in [5, 5.41) is 3.73. The van der Waals surface area contributed by atoms with Crippen molar-refractivity contribution in [1.29, 1.82) is 0 Å². The van der Waals surface area contributed by atoms with Crippen LogP contribution in [0.3, 0.4) is 0 Å². The van der Waals surface area contributed by atoms with E-state index in [9.17, 15) is 4.79 Å². The Bertz CT molecular complexity index is 658. The van der Waals surface area contributed by atoms with Gasteiger partial charge in [-0.2, -0.15) is 0 Å². The summed E-state index contributed by atoms with van der Waals surface area (Å²) in [5.41, 5.74) is 1.11. The molecule has 4 rings (SSSR count). The summed E-state index contributed by atoms with van der Waals surface area (Å²) in [6.07, 6.45) is 4.18. The monoisotopic (exact) mass is 313 g/mol. The van der Waals surface area contributed by atoms with E-state index in [1.165, 1.54) is 30.8 Å². The lowest BCUT2D eigenvalue weighted by molar-refractivity contribution is 0.0909. The molecule has 1 unspecified atom stereocenters. The number of hydrogen-bond acceptors (Lipinski definition) is 4. The largest absolute Gasteiger partial charge is 0.346 e. The lowest BCUT2D eigenvalue weighted by Gasteiger charge is -2.30. The van der Waals surface area contributed by atoms with Gasteiger partial charge in [-0.05, 0) is 30.9 Å². The molecule has 2 aliphatic heterocycles. The number of rotatable bonds is 3. The maximum absolute atomic E-state index is 12.4. The van der Waals surface area contributed by atoms with Crippen LogP contribution in [0.15, 0.2) is 36.5 Å². The Morgan fingerprint density at radius 1 is 1.27 bits per heavy atom. The van der Waals surface area contributed by atoms with Crippen LogP contribution in [0.5, 0.6) is 0 Å². The minimum Gasteiger partial charge on any atom is -0.346 e. The molecule has 22 heavy (non-hydrogen) atoms. The zero-order chi connectivity index (χ0) is 14.9. The van der Waals surface area contributed by atoms with Crippen molar-refractivity contribution < 1.29 is 4.79 Å². The molecule has 2 aromatic rings. The predicted octanol–water partition coefficient (Wildman–Crippen LogP) is 2.63. The van der Waals surface area contributed by atoms with Crippen LogP contribution in [0.2, 0.25) is 0 Å². The van der Waals surface area contributed by atoms with E-state index in [2.05, 4.69) is 15.2 Å². The van der Waals surface area contributed by atoms with Crippen molar-refractivity contribution in [3.05, 3.63) is 41.5 Å². The second-order valence-corrected chi connectivity index (χ2v) is 7.25. The summed E-state index contributed by atoms with van der Waals surface area (Å²) in [7, 11) is 0. The topological polar surface area (TPSA) is 45.2 Å². The minimum absolute atomic E-state index is 0.0281. The average Bonchev–Trinajstić information content (AvgIpc) is 3.15. The Labute approximate surface area is 134 Å². The molecular formula is C17H19N3OS. The number of nitrogens with one attached hydrogen (secondary N) is 1. The number of fused-ring (bicyclic) bond motifs is 2. The highest BCUT2D eigenvalue weighted by molar-refractivity contribution is 7.16. The van der Waals surface area contributed by atoms with Crippen LogP contribution in [-0.2, 0) is 0 Å². The molecule has 0 aliphatic carbocycles. The third kappa shape index (κ3) is 2.78. The second kappa shape index (κ2) is 5.82. The van der Waals surface area contributed by atoms with Gasteiger partial charge in [0.15, 0.2) is 5.01 Å². The normalized spacial score (nSPS) is 26.8. The summed E-state index contributed by atoms with van der Waals surface area (Å²) in [4.78, 5) is 20.2. The van der Waals surface area contributed by atoms with Crippen LogP contribution >= 0.6 is 11.3 Å². The number of hydrogen-bond donors (Lipinski definition) is 1. The first kappa shape index (κ1) is 13.9. The summed E-state index contributed by atoms with van der Waals surface area (Å²) in [6.45, 7) is 3.38. The summed E-state index contributed by atoms with van der Waals surface area (Å²) < 4.78 is 0. The van der Waals surface area contributed by atoms with E-state index in [4.69, 9.17) is 0 Å². The van der Waals surface area contributed by atoms with Crippen molar-refractivity contribution in [2.45, 2.75) is 18.9 Å². The van der Waals surface area contributed by atoms with Crippen molar-refractivity contribution in [3.63, 3.8) is 0 Å². The highest BCUT2D eigenvalue weighted by Gasteiger charge is 2.33. The van der Waals surface area contributed by atoms with Gasteiger partial charge in [0.2, 0.25) is 0 Å². The molecule has 1 N–H and O–H groups in total. The van der Waals surface area contributed by atoms with E-state index in [-0.39, 0.29) is 11.9 Å². The molecule has 1 aromatic heterocycles. The Morgan fingerprint density at radius 2 is 2.14 bits per heavy atom. The molecule has 2 aliphatic rings. The quantitative estimate of drug-likeness (QED) is 0.947. The molecule has 0 spiro atoms. The fourth-order valence-electron chi connectivity index (χ4n) is 3.53. The van der Waals surface area contributed by atoms with Gasteiger partial charge in [0.05, 0.1) is 4.88 Å². The molecule has 3 atom stereocenters. The van der Waals surface area contributed by atoms with E-state index < -0.39 is 0 Å². The van der Waals surface area contributed by atoms with E-state index in [1.807, 2.05) is 30.3 Å². The van der Waals surface area contributed by atoms with Crippen molar-refractivity contribution >= 4 is 17.2 Å². The molecule has 5 heteroatoms. The first-order valence-electron chi connectivity index (χ1n) is 7.82. The highest BCUT2D eigenvalue weighted by Crippen LogP contribution is 2.28. The number of carbonyl (C=O) groups excluding carboxylic acids is 1. The van der Waals surface area contributed by atoms with Crippen molar-refractivity contribution in [3.8, 4) is 10.4 Å². The van der Waals surface area contributed by atoms with Crippen molar-refractivity contribution in [1.82, 2.24) is 15.2 Å². The van der Waals surface area contributed by atoms with E-state index in [0.29, 0.717) is 5.01 Å². The number of carbonyl (C=O) groups is 1. The number of piperidine rings is 1. The van der Waals surface area contributed by atoms with Crippen LogP contribution in [0, 0.1) is 5.92 Å². The van der Waals surface area contributed by atoms with Crippen LogP contribution in [0.1, 0.15) is 22.6 Å². The van der Waals surface area contributed by atoms with Gasteiger partial charge < -0.3 is 10.2 Å². The smallest absolute Gasteiger partial charge is 0.280 e. The molecule has 3 heterocycles. The fraction of sp³-hybridized carbons (Fsp3) is 0.412. The van der Waals surface area contributed by atoms with Gasteiger partial charge >= 0.3 is 0 Å². The number of aromatic nitrogens is 1. The molecular weight excluding hydrogens is 294 g/mol. The third-order valence-electron chi connectivity index (χ3n) is 4.56. The van der Waals surface area contributed by atoms with Crippen LogP contribution < -0.4 is 5.32 Å². The average molecular weight is 313 g/mol. The second-order valence-electron chi connectivity index (χ2n) is 6.22. The Balaban J connectivity index is 1.44. The van der Waals surface area contributed by atoms with Crippen molar-refractivity contribution in [2.75, 3.05) is 19.6 Å². The van der Waals surface area contributed by atoms with Gasteiger partial charge in [0, 0.05) is 25.3 Å². The zero-order valence-electron chi connectivity index (χ0n) is 12.4. The number of amides is 1. The molecule has 0 saturated carbocycles. The zero-order valence-corrected chi connectivity index (χ0v) is 13.2. The molecule has 2 fully saturated rings. The lowest BCUT2D eigenvalue weighted by atomic mass is 9.97. The fourth-order valence-corrected chi connectivity index (χ4v) is 4.35. The molecule has 0 radical (unpaired) electrons. The first-order chi connectivity index (χ1) is 10.8. The molecule has 1 aromatic carbocycles. The molecule has 2 saturated heterocycles. The van der Waals surface area contributed by atoms with Crippen LogP contribution in [-0.4, -0.2) is 41.5 Å². The van der Waals surface area contributed by atoms with E-state index >= 15 is 0 Å².